The summed E-state index contributed by atoms with van der Waals surface area (Å²) in [7, 11) is 0. The molecule has 2 heterocycles. The van der Waals surface area contributed by atoms with Crippen molar-refractivity contribution >= 4 is 23.3 Å². The van der Waals surface area contributed by atoms with E-state index < -0.39 is 0 Å². The molecule has 118 valence electrons. The average Bonchev–Trinajstić information content (AvgIpc) is 2.55. The third-order valence-electron chi connectivity index (χ3n) is 3.54. The predicted octanol–water partition coefficient (Wildman–Crippen LogP) is 2.29. The quantitative estimate of drug-likeness (QED) is 0.908. The SMILES string of the molecule is Cc1ccc(NC(=O)COc2cccc3c2NC(=O)CC3)nc1. The minimum atomic E-state index is -0.305. The van der Waals surface area contributed by atoms with Crippen molar-refractivity contribution in [2.75, 3.05) is 17.2 Å². The first kappa shape index (κ1) is 15.0. The third kappa shape index (κ3) is 3.66. The van der Waals surface area contributed by atoms with Crippen molar-refractivity contribution in [3.8, 4) is 5.75 Å². The number of aryl methyl sites for hydroxylation is 2. The van der Waals surface area contributed by atoms with Crippen molar-refractivity contribution in [3.05, 3.63) is 47.7 Å². The lowest BCUT2D eigenvalue weighted by Crippen LogP contribution is -2.23. The van der Waals surface area contributed by atoms with Gasteiger partial charge in [-0.1, -0.05) is 18.2 Å². The molecule has 3 rings (SSSR count). The maximum Gasteiger partial charge on any atom is 0.263 e. The summed E-state index contributed by atoms with van der Waals surface area (Å²) in [6.07, 6.45) is 2.83. The van der Waals surface area contributed by atoms with Crippen molar-refractivity contribution < 1.29 is 14.3 Å². The van der Waals surface area contributed by atoms with Crippen molar-refractivity contribution in [1.29, 1.82) is 0 Å². The van der Waals surface area contributed by atoms with Gasteiger partial charge in [-0.25, -0.2) is 4.98 Å². The number of pyridine rings is 1. The summed E-state index contributed by atoms with van der Waals surface area (Å²) < 4.78 is 5.56. The first-order valence-electron chi connectivity index (χ1n) is 7.39. The number of nitrogens with zero attached hydrogens (tertiary/aromatic N) is 1. The molecule has 2 aromatic rings. The summed E-state index contributed by atoms with van der Waals surface area (Å²) in [5, 5.41) is 5.47. The molecule has 0 saturated carbocycles. The largest absolute Gasteiger partial charge is 0.482 e. The Morgan fingerprint density at radius 1 is 1.30 bits per heavy atom. The van der Waals surface area contributed by atoms with Crippen molar-refractivity contribution in [2.24, 2.45) is 0 Å². The summed E-state index contributed by atoms with van der Waals surface area (Å²) in [4.78, 5) is 27.6. The van der Waals surface area contributed by atoms with Gasteiger partial charge < -0.3 is 15.4 Å². The second-order valence-corrected chi connectivity index (χ2v) is 5.40. The van der Waals surface area contributed by atoms with E-state index in [9.17, 15) is 9.59 Å². The van der Waals surface area contributed by atoms with Crippen LogP contribution in [0.5, 0.6) is 5.75 Å². The van der Waals surface area contributed by atoms with Gasteiger partial charge in [-0.15, -0.1) is 0 Å². The Balaban J connectivity index is 1.63. The maximum atomic E-state index is 11.9. The minimum Gasteiger partial charge on any atom is -0.482 e. The molecule has 2 N–H and O–H groups in total. The molecule has 6 nitrogen and oxygen atoms in total. The van der Waals surface area contributed by atoms with Crippen molar-refractivity contribution in [3.63, 3.8) is 0 Å². The van der Waals surface area contributed by atoms with Crippen LogP contribution >= 0.6 is 0 Å². The zero-order valence-electron chi connectivity index (χ0n) is 12.8. The lowest BCUT2D eigenvalue weighted by molar-refractivity contribution is -0.118. The lowest BCUT2D eigenvalue weighted by atomic mass is 10.0. The van der Waals surface area contributed by atoms with Crippen LogP contribution in [0.25, 0.3) is 0 Å². The summed E-state index contributed by atoms with van der Waals surface area (Å²) >= 11 is 0. The molecule has 23 heavy (non-hydrogen) atoms. The van der Waals surface area contributed by atoms with E-state index in [0.717, 1.165) is 11.1 Å². The molecule has 1 aliphatic rings. The summed E-state index contributed by atoms with van der Waals surface area (Å²) in [6.45, 7) is 1.77. The molecule has 0 radical (unpaired) electrons. The topological polar surface area (TPSA) is 80.3 Å². The molecule has 2 amide bonds. The van der Waals surface area contributed by atoms with Crippen molar-refractivity contribution in [2.45, 2.75) is 19.8 Å². The van der Waals surface area contributed by atoms with Crippen LogP contribution in [-0.4, -0.2) is 23.4 Å². The third-order valence-corrected chi connectivity index (χ3v) is 3.54. The molecule has 0 atom stereocenters. The van der Waals surface area contributed by atoms with Crippen LogP contribution in [0, 0.1) is 6.92 Å². The van der Waals surface area contributed by atoms with E-state index in [0.29, 0.717) is 30.1 Å². The smallest absolute Gasteiger partial charge is 0.263 e. The highest BCUT2D eigenvalue weighted by atomic mass is 16.5. The predicted molar refractivity (Wildman–Crippen MR) is 86.5 cm³/mol. The Kier molecular flexibility index (Phi) is 4.23. The molecule has 6 heteroatoms. The van der Waals surface area contributed by atoms with Crippen LogP contribution in [0.4, 0.5) is 11.5 Å². The molecule has 0 fully saturated rings. The van der Waals surface area contributed by atoms with E-state index >= 15 is 0 Å². The fourth-order valence-corrected chi connectivity index (χ4v) is 2.36. The normalized spacial score (nSPS) is 13.0. The number of anilines is 2. The van der Waals surface area contributed by atoms with Crippen LogP contribution < -0.4 is 15.4 Å². The van der Waals surface area contributed by atoms with Gasteiger partial charge >= 0.3 is 0 Å². The minimum absolute atomic E-state index is 0.0399. The Bertz CT molecular complexity index is 741. The number of benzene rings is 1. The standard InChI is InChI=1S/C17H17N3O3/c1-11-5-7-14(18-9-11)19-16(22)10-23-13-4-2-3-12-6-8-15(21)20-17(12)13/h2-5,7,9H,6,8,10H2,1H3,(H,20,21)(H,18,19,22). The first-order valence-corrected chi connectivity index (χ1v) is 7.39. The van der Waals surface area contributed by atoms with E-state index in [1.807, 2.05) is 25.1 Å². The number of rotatable bonds is 4. The van der Waals surface area contributed by atoms with E-state index in [2.05, 4.69) is 15.6 Å². The van der Waals surface area contributed by atoms with Crippen molar-refractivity contribution in [1.82, 2.24) is 4.98 Å². The van der Waals surface area contributed by atoms with Crippen LogP contribution in [0.1, 0.15) is 17.5 Å². The van der Waals surface area contributed by atoms with Crippen LogP contribution in [0.15, 0.2) is 36.5 Å². The fourth-order valence-electron chi connectivity index (χ4n) is 2.36. The summed E-state index contributed by atoms with van der Waals surface area (Å²) in [6, 6.07) is 9.13. The van der Waals surface area contributed by atoms with E-state index in [1.165, 1.54) is 0 Å². The molecule has 0 spiro atoms. The van der Waals surface area contributed by atoms with Gasteiger partial charge in [0.25, 0.3) is 5.91 Å². The molecule has 0 unspecified atom stereocenters. The van der Waals surface area contributed by atoms with Gasteiger partial charge in [-0.2, -0.15) is 0 Å². The van der Waals surface area contributed by atoms with Crippen LogP contribution in [0.2, 0.25) is 0 Å². The molecule has 1 aliphatic heterocycles. The molecular weight excluding hydrogens is 294 g/mol. The second kappa shape index (κ2) is 6.48. The highest BCUT2D eigenvalue weighted by molar-refractivity contribution is 5.96. The van der Waals surface area contributed by atoms with Gasteiger partial charge in [0.15, 0.2) is 6.61 Å². The fraction of sp³-hybridized carbons (Fsp3) is 0.235. The number of fused-ring (bicyclic) bond motifs is 1. The molecule has 0 saturated heterocycles. The van der Waals surface area contributed by atoms with E-state index in [1.54, 1.807) is 18.3 Å². The molecule has 1 aromatic heterocycles. The molecule has 1 aromatic carbocycles. The monoisotopic (exact) mass is 311 g/mol. The Morgan fingerprint density at radius 3 is 2.96 bits per heavy atom. The van der Waals surface area contributed by atoms with Crippen LogP contribution in [-0.2, 0) is 16.0 Å². The first-order chi connectivity index (χ1) is 11.1. The summed E-state index contributed by atoms with van der Waals surface area (Å²) in [5.74, 6) is 0.637. The molecular formula is C17H17N3O3. The molecule has 0 bridgehead atoms. The zero-order chi connectivity index (χ0) is 16.2. The van der Waals surface area contributed by atoms with E-state index in [-0.39, 0.29) is 18.4 Å². The number of ether oxygens (including phenoxy) is 1. The number of carbonyl (C=O) groups excluding carboxylic acids is 2. The lowest BCUT2D eigenvalue weighted by Gasteiger charge is -2.20. The number of carbonyl (C=O) groups is 2. The number of aromatic nitrogens is 1. The van der Waals surface area contributed by atoms with Gasteiger partial charge in [0, 0.05) is 12.6 Å². The Morgan fingerprint density at radius 2 is 2.17 bits per heavy atom. The highest BCUT2D eigenvalue weighted by Crippen LogP contribution is 2.32. The van der Waals surface area contributed by atoms with Gasteiger partial charge in [0.2, 0.25) is 5.91 Å². The van der Waals surface area contributed by atoms with Gasteiger partial charge in [-0.3, -0.25) is 9.59 Å². The second-order valence-electron chi connectivity index (χ2n) is 5.40. The maximum absolute atomic E-state index is 11.9. The number of hydrogen-bond acceptors (Lipinski definition) is 4. The number of hydrogen-bond donors (Lipinski definition) is 2. The molecule has 0 aliphatic carbocycles. The van der Waals surface area contributed by atoms with Gasteiger partial charge in [0.1, 0.15) is 11.6 Å². The average molecular weight is 311 g/mol. The number of nitrogens with one attached hydrogen (secondary N) is 2. The number of para-hydroxylation sites is 1. The summed E-state index contributed by atoms with van der Waals surface area (Å²) in [5.41, 5.74) is 2.69. The van der Waals surface area contributed by atoms with Gasteiger partial charge in [-0.05, 0) is 36.6 Å². The Hall–Kier alpha value is -2.89. The van der Waals surface area contributed by atoms with E-state index in [4.69, 9.17) is 4.74 Å². The number of amides is 2. The van der Waals surface area contributed by atoms with Crippen LogP contribution in [0.3, 0.4) is 0 Å². The highest BCUT2D eigenvalue weighted by Gasteiger charge is 2.18. The Labute approximate surface area is 133 Å². The zero-order valence-corrected chi connectivity index (χ0v) is 12.8. The van der Waals surface area contributed by atoms with Gasteiger partial charge in [0.05, 0.1) is 5.69 Å².